The van der Waals surface area contributed by atoms with Crippen LogP contribution in [0.15, 0.2) is 0 Å². The molecule has 104 valence electrons. The average molecular weight is 338 g/mol. The molecule has 0 radical (unpaired) electrons. The van der Waals surface area contributed by atoms with Crippen LogP contribution in [-0.2, 0) is 14.3 Å². The van der Waals surface area contributed by atoms with E-state index in [1.54, 1.807) is 11.8 Å². The van der Waals surface area contributed by atoms with E-state index in [-0.39, 0.29) is 11.9 Å². The van der Waals surface area contributed by atoms with Crippen molar-refractivity contribution in [1.82, 2.24) is 5.32 Å². The lowest BCUT2D eigenvalue weighted by atomic mass is 10.0. The quantitative estimate of drug-likeness (QED) is 0.616. The monoisotopic (exact) mass is 337 g/mol. The summed E-state index contributed by atoms with van der Waals surface area (Å²) in [6, 6.07) is -0.542. The van der Waals surface area contributed by atoms with Gasteiger partial charge < -0.3 is 10.1 Å². The minimum Gasteiger partial charge on any atom is -0.467 e. The van der Waals surface area contributed by atoms with E-state index in [1.165, 1.54) is 33.3 Å². The maximum atomic E-state index is 11.5. The Hall–Kier alpha value is -0.230. The van der Waals surface area contributed by atoms with Crippen LogP contribution < -0.4 is 5.32 Å². The molecule has 0 spiro atoms. The number of carbonyl (C=O) groups excluding carboxylic acids is 2. The summed E-state index contributed by atoms with van der Waals surface area (Å²) >= 11 is 5.42. The molecule has 1 amide bonds. The first-order valence-corrected chi connectivity index (χ1v) is 8.11. The van der Waals surface area contributed by atoms with E-state index in [2.05, 4.69) is 21.2 Å². The molecule has 1 saturated carbocycles. The molecular formula is C12H20BrNO3S. The fourth-order valence-corrected chi connectivity index (χ4v) is 4.40. The second kappa shape index (κ2) is 8.04. The van der Waals surface area contributed by atoms with Crippen molar-refractivity contribution in [2.24, 2.45) is 0 Å². The normalized spacial score (nSPS) is 25.3. The number of halogens is 1. The number of amides is 1. The predicted molar refractivity (Wildman–Crippen MR) is 77.0 cm³/mol. The van der Waals surface area contributed by atoms with Gasteiger partial charge >= 0.3 is 5.97 Å². The second-order valence-electron chi connectivity index (χ2n) is 4.45. The fraction of sp³-hybridized carbons (Fsp3) is 0.833. The maximum Gasteiger partial charge on any atom is 0.329 e. The van der Waals surface area contributed by atoms with Crippen molar-refractivity contribution >= 4 is 39.6 Å². The first-order valence-electron chi connectivity index (χ1n) is 6.15. The Morgan fingerprint density at radius 3 is 2.67 bits per heavy atom. The molecule has 0 aromatic rings. The van der Waals surface area contributed by atoms with Gasteiger partial charge in [0.25, 0.3) is 0 Å². The molecule has 1 N–H and O–H groups in total. The molecule has 0 saturated heterocycles. The summed E-state index contributed by atoms with van der Waals surface area (Å²) < 4.78 is 4.70. The Labute approximate surface area is 121 Å². The van der Waals surface area contributed by atoms with Gasteiger partial charge in [0.15, 0.2) is 0 Å². The summed E-state index contributed by atoms with van der Waals surface area (Å²) in [5.74, 6) is -0.0105. The van der Waals surface area contributed by atoms with Crippen LogP contribution in [-0.4, -0.2) is 40.9 Å². The molecule has 0 heterocycles. The van der Waals surface area contributed by atoms with E-state index in [0.29, 0.717) is 15.8 Å². The van der Waals surface area contributed by atoms with E-state index < -0.39 is 6.04 Å². The maximum absolute atomic E-state index is 11.5. The molecule has 1 aliphatic rings. The first kappa shape index (κ1) is 15.8. The molecule has 0 aromatic carbocycles. The van der Waals surface area contributed by atoms with Crippen LogP contribution in [0.1, 0.15) is 32.6 Å². The zero-order valence-electron chi connectivity index (χ0n) is 10.8. The van der Waals surface area contributed by atoms with Crippen molar-refractivity contribution in [3.63, 3.8) is 0 Å². The summed E-state index contributed by atoms with van der Waals surface area (Å²) in [6.07, 6.45) is 4.84. The van der Waals surface area contributed by atoms with E-state index >= 15 is 0 Å². The Kier molecular flexibility index (Phi) is 7.07. The minimum atomic E-state index is -0.542. The number of hydrogen-bond donors (Lipinski definition) is 1. The number of ether oxygens (including phenoxy) is 1. The molecule has 1 rings (SSSR count). The molecule has 0 aromatic heterocycles. The van der Waals surface area contributed by atoms with Crippen molar-refractivity contribution in [2.75, 3.05) is 12.9 Å². The number of alkyl halides is 1. The zero-order chi connectivity index (χ0) is 13.5. The van der Waals surface area contributed by atoms with Crippen molar-refractivity contribution in [2.45, 2.75) is 48.7 Å². The zero-order valence-corrected chi connectivity index (χ0v) is 13.2. The highest BCUT2D eigenvalue weighted by molar-refractivity contribution is 9.09. The van der Waals surface area contributed by atoms with E-state index in [1.807, 2.05) is 0 Å². The van der Waals surface area contributed by atoms with Crippen LogP contribution in [0.4, 0.5) is 0 Å². The molecule has 6 heteroatoms. The van der Waals surface area contributed by atoms with Gasteiger partial charge in [0.1, 0.15) is 6.04 Å². The van der Waals surface area contributed by atoms with Crippen LogP contribution in [0.5, 0.6) is 0 Å². The van der Waals surface area contributed by atoms with Crippen LogP contribution in [0.3, 0.4) is 0 Å². The number of carbonyl (C=O) groups is 2. The van der Waals surface area contributed by atoms with Crippen LogP contribution >= 0.6 is 27.7 Å². The number of methoxy groups -OCH3 is 1. The minimum absolute atomic E-state index is 0.204. The highest BCUT2D eigenvalue weighted by atomic mass is 79.9. The third kappa shape index (κ3) is 5.18. The molecule has 18 heavy (non-hydrogen) atoms. The third-order valence-corrected chi connectivity index (χ3v) is 5.93. The van der Waals surface area contributed by atoms with Gasteiger partial charge in [0.05, 0.1) is 7.11 Å². The van der Waals surface area contributed by atoms with Crippen LogP contribution in [0.2, 0.25) is 0 Å². The van der Waals surface area contributed by atoms with Gasteiger partial charge in [-0.1, -0.05) is 28.8 Å². The third-order valence-electron chi connectivity index (χ3n) is 2.96. The smallest absolute Gasteiger partial charge is 0.329 e. The van der Waals surface area contributed by atoms with Gasteiger partial charge in [-0.05, 0) is 12.8 Å². The Morgan fingerprint density at radius 2 is 2.11 bits per heavy atom. The molecule has 1 fully saturated rings. The van der Waals surface area contributed by atoms with Gasteiger partial charge in [0.2, 0.25) is 5.91 Å². The van der Waals surface area contributed by atoms with Crippen molar-refractivity contribution in [1.29, 1.82) is 0 Å². The van der Waals surface area contributed by atoms with E-state index in [9.17, 15) is 9.59 Å². The lowest BCUT2D eigenvalue weighted by Gasteiger charge is -2.28. The van der Waals surface area contributed by atoms with Gasteiger partial charge in [-0.25, -0.2) is 4.79 Å². The molecule has 3 atom stereocenters. The average Bonchev–Trinajstić information content (AvgIpc) is 2.34. The lowest BCUT2D eigenvalue weighted by Crippen LogP contribution is -2.43. The second-order valence-corrected chi connectivity index (χ2v) is 6.90. The van der Waals surface area contributed by atoms with Crippen molar-refractivity contribution < 1.29 is 14.3 Å². The molecule has 1 aliphatic carbocycles. The summed E-state index contributed by atoms with van der Waals surface area (Å²) in [7, 11) is 1.34. The van der Waals surface area contributed by atoms with E-state index in [0.717, 1.165) is 6.42 Å². The summed E-state index contributed by atoms with van der Waals surface area (Å²) in [6.45, 7) is 1.41. The van der Waals surface area contributed by atoms with Crippen molar-refractivity contribution in [3.8, 4) is 0 Å². The highest BCUT2D eigenvalue weighted by Crippen LogP contribution is 2.33. The summed E-state index contributed by atoms with van der Waals surface area (Å²) in [5.41, 5.74) is 0. The Balaban J connectivity index is 2.45. The number of rotatable bonds is 5. The number of hydrogen-bond acceptors (Lipinski definition) is 4. The first-order chi connectivity index (χ1) is 8.54. The van der Waals surface area contributed by atoms with Gasteiger partial charge in [-0.15, -0.1) is 0 Å². The molecular weight excluding hydrogens is 318 g/mol. The molecule has 4 nitrogen and oxygen atoms in total. The standard InChI is InChI=1S/C12H20BrNO3S/c1-8(15)14-10(12(16)17-2)7-18-11-6-4-3-5-9(11)13/h9-11H,3-7H2,1-2H3,(H,14,15)/t9-,10+,11-/m1/s1. The van der Waals surface area contributed by atoms with E-state index in [4.69, 9.17) is 4.74 Å². The van der Waals surface area contributed by atoms with Crippen LogP contribution in [0, 0.1) is 0 Å². The largest absolute Gasteiger partial charge is 0.467 e. The SMILES string of the molecule is COC(=O)[C@H](CS[C@@H]1CCCC[C@H]1Br)NC(C)=O. The number of nitrogens with one attached hydrogen (secondary N) is 1. The number of esters is 1. The van der Waals surface area contributed by atoms with Gasteiger partial charge in [0, 0.05) is 22.8 Å². The Bertz CT molecular complexity index is 301. The highest BCUT2D eigenvalue weighted by Gasteiger charge is 2.27. The molecule has 0 bridgehead atoms. The predicted octanol–water partition coefficient (Wildman–Crippen LogP) is 2.10. The van der Waals surface area contributed by atoms with Gasteiger partial charge in [-0.2, -0.15) is 11.8 Å². The number of thioether (sulfide) groups is 1. The van der Waals surface area contributed by atoms with Crippen molar-refractivity contribution in [3.05, 3.63) is 0 Å². The summed E-state index contributed by atoms with van der Waals surface area (Å²) in [4.78, 5) is 23.1. The lowest BCUT2D eigenvalue weighted by molar-refractivity contribution is -0.144. The molecule has 0 unspecified atom stereocenters. The molecule has 0 aliphatic heterocycles. The topological polar surface area (TPSA) is 55.4 Å². The Morgan fingerprint density at radius 1 is 1.44 bits per heavy atom. The van der Waals surface area contributed by atoms with Gasteiger partial charge in [-0.3, -0.25) is 4.79 Å². The van der Waals surface area contributed by atoms with Crippen LogP contribution in [0.25, 0.3) is 0 Å². The summed E-state index contributed by atoms with van der Waals surface area (Å²) in [5, 5.41) is 3.15. The fourth-order valence-electron chi connectivity index (χ4n) is 2.02.